The highest BCUT2D eigenvalue weighted by Crippen LogP contribution is 2.17. The van der Waals surface area contributed by atoms with Crippen LogP contribution in [0.3, 0.4) is 0 Å². The summed E-state index contributed by atoms with van der Waals surface area (Å²) in [4.78, 5) is 67.7. The van der Waals surface area contributed by atoms with Gasteiger partial charge in [0.05, 0.1) is 6.61 Å². The van der Waals surface area contributed by atoms with Crippen molar-refractivity contribution in [2.75, 3.05) is 39.5 Å². The van der Waals surface area contributed by atoms with E-state index in [4.69, 9.17) is 29.4 Å². The zero-order valence-electron chi connectivity index (χ0n) is 49.0. The summed E-state index contributed by atoms with van der Waals surface area (Å²) in [7, 11) is 0. The molecule has 74 heavy (non-hydrogen) atoms. The summed E-state index contributed by atoms with van der Waals surface area (Å²) in [6.45, 7) is 11.6. The minimum atomic E-state index is -0.776. The molecule has 3 atom stereocenters. The van der Waals surface area contributed by atoms with Crippen LogP contribution in [0.2, 0.25) is 0 Å². The summed E-state index contributed by atoms with van der Waals surface area (Å²) in [5, 5.41) is 0. The van der Waals surface area contributed by atoms with Crippen LogP contribution in [0.15, 0.2) is 0 Å². The molecule has 2 N–H and O–H groups in total. The number of hydrogen-bond acceptors (Lipinski definition) is 12. The topological polar surface area (TPSA) is 161 Å². The summed E-state index contributed by atoms with van der Waals surface area (Å²) in [5.41, 5.74) is 6.17. The highest BCUT2D eigenvalue weighted by atomic mass is 16.6. The number of nitrogens with two attached hydrogens (primary N) is 1. The van der Waals surface area contributed by atoms with Crippen molar-refractivity contribution in [2.24, 2.45) is 5.73 Å². The molecule has 0 spiro atoms. The zero-order chi connectivity index (χ0) is 54.4. The third-order valence-corrected chi connectivity index (χ3v) is 14.1. The molecular weight excluding hydrogens is 933 g/mol. The Labute approximate surface area is 454 Å². The Bertz CT molecular complexity index is 1220. The lowest BCUT2D eigenvalue weighted by Crippen LogP contribution is -2.44. The van der Waals surface area contributed by atoms with Gasteiger partial charge in [-0.1, -0.05) is 240 Å². The van der Waals surface area contributed by atoms with E-state index in [0.29, 0.717) is 38.6 Å². The summed E-state index contributed by atoms with van der Waals surface area (Å²) in [6.07, 6.45) is 42.2. The van der Waals surface area contributed by atoms with Crippen molar-refractivity contribution in [2.45, 2.75) is 329 Å². The van der Waals surface area contributed by atoms with Crippen LogP contribution in [0.4, 0.5) is 0 Å². The predicted molar refractivity (Wildman–Crippen MR) is 304 cm³/mol. The fraction of sp³-hybridized carbons (Fsp3) is 0.919. The molecule has 0 aliphatic rings. The first kappa shape index (κ1) is 71.3. The number of unbranched alkanes of at least 4 members (excludes halogenated alkanes) is 33. The van der Waals surface area contributed by atoms with E-state index >= 15 is 0 Å². The van der Waals surface area contributed by atoms with Gasteiger partial charge in [0, 0.05) is 38.8 Å². The van der Waals surface area contributed by atoms with Gasteiger partial charge >= 0.3 is 29.8 Å². The van der Waals surface area contributed by atoms with Crippen LogP contribution < -0.4 is 5.73 Å². The lowest BCUT2D eigenvalue weighted by molar-refractivity contribution is -0.163. The first-order chi connectivity index (χ1) is 36.1. The third-order valence-electron chi connectivity index (χ3n) is 14.1. The maximum Gasteiger partial charge on any atom is 0.322 e. The fourth-order valence-electron chi connectivity index (χ4n) is 9.47. The van der Waals surface area contributed by atoms with Crippen LogP contribution in [0.1, 0.15) is 311 Å². The van der Waals surface area contributed by atoms with E-state index in [1.54, 1.807) is 6.92 Å². The Balaban J connectivity index is 6.13. The van der Waals surface area contributed by atoms with Gasteiger partial charge in [-0.15, -0.1) is 0 Å². The minimum absolute atomic E-state index is 0.0964. The molecule has 0 aliphatic heterocycles. The molecule has 0 aromatic carbocycles. The first-order valence-corrected chi connectivity index (χ1v) is 31.4. The quantitative estimate of drug-likeness (QED) is 0.0349. The SMILES string of the molecule is CCCCCCCCCCCC(=O)OCC(CN(CCCCC(N)C(=O)OCC)CC(COC(=O)CCCCCCCCCCC)OC(=O)CCCCCCCCCCC)OC(=O)CCCCCCCCCCC. The standard InChI is InChI=1S/C62H118N2O10/c1-6-11-15-19-23-27-31-35-39-46-58(65)71-53-55(73-60(67)48-41-37-33-29-25-21-17-13-8-3)51-64(50-44-43-45-57(63)62(69)70-10-5)52-56(74-61(68)49-42-38-34-30-26-22-18-14-9-4)54-72-59(66)47-40-36-32-28-24-20-16-12-7-2/h55-57H,6-54,63H2,1-5H3. The molecule has 0 radical (unpaired) electrons. The van der Waals surface area contributed by atoms with Crippen LogP contribution in [0.5, 0.6) is 0 Å². The van der Waals surface area contributed by atoms with E-state index < -0.39 is 24.2 Å². The van der Waals surface area contributed by atoms with Crippen LogP contribution in [-0.4, -0.2) is 92.5 Å². The molecule has 12 nitrogen and oxygen atoms in total. The third kappa shape index (κ3) is 48.9. The first-order valence-electron chi connectivity index (χ1n) is 31.4. The van der Waals surface area contributed by atoms with Crippen molar-refractivity contribution in [3.63, 3.8) is 0 Å². The lowest BCUT2D eigenvalue weighted by atomic mass is 10.1. The summed E-state index contributed by atoms with van der Waals surface area (Å²) in [5.74, 6) is -1.72. The van der Waals surface area contributed by atoms with E-state index in [0.717, 1.165) is 89.9 Å². The Hall–Kier alpha value is -2.73. The highest BCUT2D eigenvalue weighted by Gasteiger charge is 2.26. The van der Waals surface area contributed by atoms with Gasteiger partial charge < -0.3 is 29.4 Å². The smallest absolute Gasteiger partial charge is 0.322 e. The van der Waals surface area contributed by atoms with E-state index in [1.165, 1.54) is 141 Å². The molecule has 0 fully saturated rings. The molecule has 0 saturated carbocycles. The highest BCUT2D eigenvalue weighted by molar-refractivity contribution is 5.75. The van der Waals surface area contributed by atoms with Crippen molar-refractivity contribution in [3.05, 3.63) is 0 Å². The second-order valence-corrected chi connectivity index (χ2v) is 21.5. The number of esters is 5. The number of ether oxygens (including phenoxy) is 5. The van der Waals surface area contributed by atoms with Gasteiger partial charge in [-0.05, 0) is 52.0 Å². The Morgan fingerprint density at radius 1 is 0.351 bits per heavy atom. The summed E-state index contributed by atoms with van der Waals surface area (Å²) in [6, 6.07) is -0.747. The molecule has 0 aliphatic carbocycles. The van der Waals surface area contributed by atoms with Crippen molar-refractivity contribution < 1.29 is 47.7 Å². The second-order valence-electron chi connectivity index (χ2n) is 21.5. The molecule has 0 saturated heterocycles. The fourth-order valence-corrected chi connectivity index (χ4v) is 9.47. The van der Waals surface area contributed by atoms with Crippen molar-refractivity contribution in [3.8, 4) is 0 Å². The molecule has 0 amide bonds. The predicted octanol–water partition coefficient (Wildman–Crippen LogP) is 15.9. The molecule has 0 bridgehead atoms. The second kappa shape index (κ2) is 55.0. The van der Waals surface area contributed by atoms with Gasteiger partial charge in [0.1, 0.15) is 31.5 Å². The number of rotatable bonds is 57. The molecular formula is C62H118N2O10. The monoisotopic (exact) mass is 1050 g/mol. The zero-order valence-corrected chi connectivity index (χ0v) is 49.0. The van der Waals surface area contributed by atoms with Gasteiger partial charge in [-0.2, -0.15) is 0 Å². The maximum absolute atomic E-state index is 13.5. The van der Waals surface area contributed by atoms with Crippen molar-refractivity contribution in [1.82, 2.24) is 4.90 Å². The molecule has 0 aromatic rings. The largest absolute Gasteiger partial charge is 0.465 e. The molecule has 3 unspecified atom stereocenters. The minimum Gasteiger partial charge on any atom is -0.465 e. The molecule has 12 heteroatoms. The van der Waals surface area contributed by atoms with Crippen LogP contribution in [0, 0.1) is 0 Å². The Morgan fingerprint density at radius 3 is 0.932 bits per heavy atom. The van der Waals surface area contributed by atoms with E-state index in [-0.39, 0.29) is 69.6 Å². The normalized spacial score (nSPS) is 12.6. The van der Waals surface area contributed by atoms with E-state index in [1.807, 2.05) is 4.90 Å². The van der Waals surface area contributed by atoms with Gasteiger partial charge in [-0.25, -0.2) is 0 Å². The van der Waals surface area contributed by atoms with Crippen LogP contribution in [-0.2, 0) is 47.7 Å². The van der Waals surface area contributed by atoms with Crippen LogP contribution >= 0.6 is 0 Å². The summed E-state index contributed by atoms with van der Waals surface area (Å²) < 4.78 is 29.1. The van der Waals surface area contributed by atoms with Gasteiger partial charge in [0.15, 0.2) is 0 Å². The average Bonchev–Trinajstić information content (AvgIpc) is 3.38. The number of hydrogen-bond donors (Lipinski definition) is 1. The van der Waals surface area contributed by atoms with E-state index in [9.17, 15) is 24.0 Å². The van der Waals surface area contributed by atoms with Crippen molar-refractivity contribution in [1.29, 1.82) is 0 Å². The van der Waals surface area contributed by atoms with Gasteiger partial charge in [0.25, 0.3) is 0 Å². The van der Waals surface area contributed by atoms with Gasteiger partial charge in [-0.3, -0.25) is 28.9 Å². The maximum atomic E-state index is 13.5. The molecule has 0 aromatic heterocycles. The average molecular weight is 1050 g/mol. The number of nitrogens with zero attached hydrogens (tertiary/aromatic N) is 1. The Kier molecular flexibility index (Phi) is 53.0. The van der Waals surface area contributed by atoms with E-state index in [2.05, 4.69) is 27.7 Å². The van der Waals surface area contributed by atoms with Crippen molar-refractivity contribution >= 4 is 29.8 Å². The molecule has 0 rings (SSSR count). The van der Waals surface area contributed by atoms with Crippen LogP contribution in [0.25, 0.3) is 0 Å². The molecule has 436 valence electrons. The number of carbonyl (C=O) groups excluding carboxylic acids is 5. The Morgan fingerprint density at radius 2 is 0.635 bits per heavy atom. The lowest BCUT2D eigenvalue weighted by Gasteiger charge is -2.30. The number of carbonyl (C=O) groups is 5. The molecule has 0 heterocycles. The van der Waals surface area contributed by atoms with Gasteiger partial charge in [0.2, 0.25) is 0 Å². The summed E-state index contributed by atoms with van der Waals surface area (Å²) >= 11 is 0.